The van der Waals surface area contributed by atoms with Crippen molar-refractivity contribution < 1.29 is 14.3 Å². The number of rotatable bonds is 5. The number of nitrogens with one attached hydrogen (secondary N) is 2. The van der Waals surface area contributed by atoms with Crippen molar-refractivity contribution in [2.45, 2.75) is 39.2 Å². The van der Waals surface area contributed by atoms with Crippen molar-refractivity contribution >= 4 is 33.4 Å². The average molecular weight is 374 g/mol. The molecule has 1 aliphatic carbocycles. The van der Waals surface area contributed by atoms with E-state index in [0.717, 1.165) is 24.2 Å². The lowest BCUT2D eigenvalue weighted by atomic mass is 9.98. The molecule has 2 aromatic rings. The highest BCUT2D eigenvalue weighted by molar-refractivity contribution is 7.20. The Kier molecular flexibility index (Phi) is 4.54. The standard InChI is InChI=1S/C17H18N4O4S/c1-8-12-14(23)19-9(2)20-15(12)26-13(8)16(24)25-6-11(22)21-17(3,7-18)10-4-5-10/h10H,4-6H2,1-3H3,(H,21,22)(H,19,20,23)/t17-/m0/s1. The maximum Gasteiger partial charge on any atom is 0.349 e. The predicted octanol–water partition coefficient (Wildman–Crippen LogP) is 1.57. The number of carbonyl (C=O) groups excluding carboxylic acids is 2. The number of nitrogens with zero attached hydrogens (tertiary/aromatic N) is 2. The third-order valence-corrected chi connectivity index (χ3v) is 5.63. The minimum atomic E-state index is -0.939. The van der Waals surface area contributed by atoms with Crippen LogP contribution in [0.5, 0.6) is 0 Å². The van der Waals surface area contributed by atoms with Crippen molar-refractivity contribution in [2.24, 2.45) is 5.92 Å². The van der Waals surface area contributed by atoms with Gasteiger partial charge in [0.15, 0.2) is 6.61 Å². The van der Waals surface area contributed by atoms with Crippen LogP contribution in [0.15, 0.2) is 4.79 Å². The smallest absolute Gasteiger partial charge is 0.349 e. The summed E-state index contributed by atoms with van der Waals surface area (Å²) in [5, 5.41) is 12.2. The van der Waals surface area contributed by atoms with Gasteiger partial charge in [0.05, 0.1) is 11.5 Å². The second kappa shape index (κ2) is 6.53. The summed E-state index contributed by atoms with van der Waals surface area (Å²) in [6.45, 7) is 4.48. The summed E-state index contributed by atoms with van der Waals surface area (Å²) in [6, 6.07) is 2.11. The normalized spacial score (nSPS) is 15.9. The molecule has 8 nitrogen and oxygen atoms in total. The monoisotopic (exact) mass is 374 g/mol. The number of aromatic amines is 1. The molecule has 0 bridgehead atoms. The summed E-state index contributed by atoms with van der Waals surface area (Å²) in [7, 11) is 0. The van der Waals surface area contributed by atoms with Crippen LogP contribution in [0, 0.1) is 31.1 Å². The van der Waals surface area contributed by atoms with Gasteiger partial charge in [-0.25, -0.2) is 9.78 Å². The van der Waals surface area contributed by atoms with Crippen LogP contribution in [-0.4, -0.2) is 34.0 Å². The van der Waals surface area contributed by atoms with E-state index in [1.165, 1.54) is 0 Å². The maximum atomic E-state index is 12.3. The zero-order valence-electron chi connectivity index (χ0n) is 14.6. The fourth-order valence-corrected chi connectivity index (χ4v) is 3.97. The van der Waals surface area contributed by atoms with E-state index in [1.54, 1.807) is 20.8 Å². The van der Waals surface area contributed by atoms with Crippen LogP contribution < -0.4 is 10.9 Å². The molecular weight excluding hydrogens is 356 g/mol. The third-order valence-electron chi connectivity index (χ3n) is 4.46. The molecule has 1 amide bonds. The Bertz CT molecular complexity index is 999. The SMILES string of the molecule is Cc1nc2sc(C(=O)OCC(=O)N[C@@](C)(C#N)C3CC3)c(C)c2c(=O)[nH]1. The Morgan fingerprint density at radius 1 is 1.46 bits per heavy atom. The van der Waals surface area contributed by atoms with E-state index in [9.17, 15) is 19.6 Å². The van der Waals surface area contributed by atoms with Crippen molar-refractivity contribution in [3.8, 4) is 6.07 Å². The number of hydrogen-bond acceptors (Lipinski definition) is 7. The van der Waals surface area contributed by atoms with Crippen molar-refractivity contribution in [3.05, 3.63) is 26.6 Å². The van der Waals surface area contributed by atoms with Gasteiger partial charge >= 0.3 is 5.97 Å². The van der Waals surface area contributed by atoms with E-state index in [0.29, 0.717) is 21.6 Å². The number of aryl methyl sites for hydroxylation is 2. The number of H-pyrrole nitrogens is 1. The molecule has 1 atom stereocenters. The van der Waals surface area contributed by atoms with Crippen molar-refractivity contribution in [3.63, 3.8) is 0 Å². The molecule has 3 rings (SSSR count). The van der Waals surface area contributed by atoms with Gasteiger partial charge in [0.2, 0.25) is 0 Å². The van der Waals surface area contributed by atoms with Crippen LogP contribution in [0.2, 0.25) is 0 Å². The molecule has 1 fully saturated rings. The van der Waals surface area contributed by atoms with Gasteiger partial charge in [-0.1, -0.05) is 0 Å². The zero-order chi connectivity index (χ0) is 19.1. The maximum absolute atomic E-state index is 12.3. The molecule has 0 aromatic carbocycles. The highest BCUT2D eigenvalue weighted by atomic mass is 32.1. The molecule has 0 saturated heterocycles. The van der Waals surface area contributed by atoms with Crippen LogP contribution >= 0.6 is 11.3 Å². The number of ether oxygens (including phenoxy) is 1. The molecule has 0 unspecified atom stereocenters. The van der Waals surface area contributed by atoms with Gasteiger partial charge in [0, 0.05) is 0 Å². The topological polar surface area (TPSA) is 125 Å². The Morgan fingerprint density at radius 3 is 2.77 bits per heavy atom. The highest BCUT2D eigenvalue weighted by Gasteiger charge is 2.43. The molecule has 2 heterocycles. The minimum absolute atomic E-state index is 0.137. The zero-order valence-corrected chi connectivity index (χ0v) is 15.5. The molecule has 9 heteroatoms. The van der Waals surface area contributed by atoms with Crippen LogP contribution in [0.25, 0.3) is 10.2 Å². The second-order valence-corrected chi connectivity index (χ2v) is 7.60. The summed E-state index contributed by atoms with van der Waals surface area (Å²) in [4.78, 5) is 43.9. The Hall–Kier alpha value is -2.73. The Labute approximate surface area is 153 Å². The van der Waals surface area contributed by atoms with E-state index in [2.05, 4.69) is 21.4 Å². The molecule has 26 heavy (non-hydrogen) atoms. The summed E-state index contributed by atoms with van der Waals surface area (Å²) >= 11 is 1.05. The van der Waals surface area contributed by atoms with Crippen LogP contribution in [0.3, 0.4) is 0 Å². The largest absolute Gasteiger partial charge is 0.451 e. The average Bonchev–Trinajstić information content (AvgIpc) is 3.37. The molecule has 136 valence electrons. The van der Waals surface area contributed by atoms with Gasteiger partial charge in [-0.15, -0.1) is 11.3 Å². The molecule has 1 aliphatic rings. The molecular formula is C17H18N4O4S. The first-order valence-corrected chi connectivity index (χ1v) is 8.96. The molecule has 0 radical (unpaired) electrons. The Morgan fingerprint density at radius 2 is 2.15 bits per heavy atom. The quantitative estimate of drug-likeness (QED) is 0.765. The number of esters is 1. The van der Waals surface area contributed by atoms with Gasteiger partial charge in [-0.05, 0) is 45.1 Å². The predicted molar refractivity (Wildman–Crippen MR) is 94.9 cm³/mol. The Balaban J connectivity index is 1.71. The van der Waals surface area contributed by atoms with Gasteiger partial charge in [-0.2, -0.15) is 5.26 Å². The van der Waals surface area contributed by atoms with Crippen molar-refractivity contribution in [1.29, 1.82) is 5.26 Å². The number of nitriles is 1. The lowest BCUT2D eigenvalue weighted by Gasteiger charge is -2.22. The summed E-state index contributed by atoms with van der Waals surface area (Å²) in [6.07, 6.45) is 1.79. The second-order valence-electron chi connectivity index (χ2n) is 6.60. The summed E-state index contributed by atoms with van der Waals surface area (Å²) in [5.41, 5.74) is -0.776. The van der Waals surface area contributed by atoms with Crippen LogP contribution in [0.4, 0.5) is 0 Å². The van der Waals surface area contributed by atoms with Gasteiger partial charge in [0.25, 0.3) is 11.5 Å². The summed E-state index contributed by atoms with van der Waals surface area (Å²) < 4.78 is 5.07. The number of hydrogen-bond donors (Lipinski definition) is 2. The number of aromatic nitrogens is 2. The number of amides is 1. The van der Waals surface area contributed by atoms with Gasteiger partial charge < -0.3 is 15.0 Å². The molecule has 2 aromatic heterocycles. The summed E-state index contributed by atoms with van der Waals surface area (Å²) in [5.74, 6) is -0.625. The van der Waals surface area contributed by atoms with E-state index in [-0.39, 0.29) is 16.4 Å². The molecule has 2 N–H and O–H groups in total. The number of carbonyl (C=O) groups is 2. The first-order valence-electron chi connectivity index (χ1n) is 8.14. The number of fused-ring (bicyclic) bond motifs is 1. The number of thiophene rings is 1. The van der Waals surface area contributed by atoms with E-state index < -0.39 is 24.0 Å². The van der Waals surface area contributed by atoms with Crippen molar-refractivity contribution in [1.82, 2.24) is 15.3 Å². The highest BCUT2D eigenvalue weighted by Crippen LogP contribution is 2.39. The lowest BCUT2D eigenvalue weighted by Crippen LogP contribution is -2.48. The van der Waals surface area contributed by atoms with E-state index >= 15 is 0 Å². The third kappa shape index (κ3) is 3.32. The lowest BCUT2D eigenvalue weighted by molar-refractivity contribution is -0.125. The molecule has 1 saturated carbocycles. The molecule has 0 aliphatic heterocycles. The first-order chi connectivity index (χ1) is 12.2. The van der Waals surface area contributed by atoms with Crippen LogP contribution in [0.1, 0.15) is 40.8 Å². The van der Waals surface area contributed by atoms with Crippen molar-refractivity contribution in [2.75, 3.05) is 6.61 Å². The fourth-order valence-electron chi connectivity index (χ4n) is 2.85. The van der Waals surface area contributed by atoms with Crippen LogP contribution in [-0.2, 0) is 9.53 Å². The van der Waals surface area contributed by atoms with E-state index in [4.69, 9.17) is 4.74 Å². The molecule has 0 spiro atoms. The first kappa shape index (κ1) is 18.1. The van der Waals surface area contributed by atoms with Gasteiger partial charge in [0.1, 0.15) is 21.1 Å². The van der Waals surface area contributed by atoms with Gasteiger partial charge in [-0.3, -0.25) is 9.59 Å². The minimum Gasteiger partial charge on any atom is -0.451 e. The fraction of sp³-hybridized carbons (Fsp3) is 0.471. The van der Waals surface area contributed by atoms with E-state index in [1.807, 2.05) is 0 Å².